The SMILES string of the molecule is NNC(=S)N1CCN(c2cccc(Cl)c2)CC1. The molecule has 4 nitrogen and oxygen atoms in total. The largest absolute Gasteiger partial charge is 0.368 e. The van der Waals surface area contributed by atoms with E-state index in [1.165, 1.54) is 0 Å². The van der Waals surface area contributed by atoms with Crippen LogP contribution in [0.2, 0.25) is 5.02 Å². The molecule has 0 aromatic heterocycles. The quantitative estimate of drug-likeness (QED) is 0.456. The van der Waals surface area contributed by atoms with E-state index in [0.717, 1.165) is 36.9 Å². The number of nitrogens with one attached hydrogen (secondary N) is 1. The van der Waals surface area contributed by atoms with Gasteiger partial charge >= 0.3 is 0 Å². The van der Waals surface area contributed by atoms with E-state index in [2.05, 4.69) is 21.3 Å². The number of rotatable bonds is 1. The zero-order valence-electron chi connectivity index (χ0n) is 9.40. The molecule has 0 amide bonds. The summed E-state index contributed by atoms with van der Waals surface area (Å²) in [7, 11) is 0. The molecule has 2 rings (SSSR count). The Balaban J connectivity index is 1.97. The molecule has 6 heteroatoms. The second kappa shape index (κ2) is 5.53. The molecule has 0 unspecified atom stereocenters. The number of benzene rings is 1. The average molecular weight is 271 g/mol. The van der Waals surface area contributed by atoms with Gasteiger partial charge in [0.2, 0.25) is 0 Å². The van der Waals surface area contributed by atoms with Crippen LogP contribution in [0, 0.1) is 0 Å². The minimum atomic E-state index is 0.607. The van der Waals surface area contributed by atoms with Crippen molar-refractivity contribution in [1.29, 1.82) is 0 Å². The fourth-order valence-electron chi connectivity index (χ4n) is 1.93. The third-order valence-corrected chi connectivity index (χ3v) is 3.47. The van der Waals surface area contributed by atoms with Crippen molar-refractivity contribution < 1.29 is 0 Å². The summed E-state index contributed by atoms with van der Waals surface area (Å²) in [6.45, 7) is 3.58. The van der Waals surface area contributed by atoms with Gasteiger partial charge in [-0.2, -0.15) is 0 Å². The fraction of sp³-hybridized carbons (Fsp3) is 0.364. The average Bonchev–Trinajstić information content (AvgIpc) is 2.38. The summed E-state index contributed by atoms with van der Waals surface area (Å²) in [4.78, 5) is 4.36. The highest BCUT2D eigenvalue weighted by molar-refractivity contribution is 7.80. The van der Waals surface area contributed by atoms with Crippen LogP contribution in [0.4, 0.5) is 5.69 Å². The monoisotopic (exact) mass is 270 g/mol. The van der Waals surface area contributed by atoms with Crippen molar-refractivity contribution in [3.63, 3.8) is 0 Å². The molecule has 1 aromatic carbocycles. The molecule has 1 aromatic rings. The summed E-state index contributed by atoms with van der Waals surface area (Å²) < 4.78 is 0. The number of anilines is 1. The molecule has 1 fully saturated rings. The van der Waals surface area contributed by atoms with Crippen molar-refractivity contribution in [3.8, 4) is 0 Å². The molecule has 3 N–H and O–H groups in total. The predicted octanol–water partition coefficient (Wildman–Crippen LogP) is 1.21. The van der Waals surface area contributed by atoms with E-state index in [0.29, 0.717) is 5.11 Å². The molecule has 0 saturated carbocycles. The summed E-state index contributed by atoms with van der Waals surface area (Å²) in [5.74, 6) is 5.30. The Labute approximate surface area is 111 Å². The summed E-state index contributed by atoms with van der Waals surface area (Å²) in [5.41, 5.74) is 3.67. The van der Waals surface area contributed by atoms with Crippen molar-refractivity contribution in [2.75, 3.05) is 31.1 Å². The normalized spacial score (nSPS) is 15.9. The van der Waals surface area contributed by atoms with Crippen molar-refractivity contribution >= 4 is 34.6 Å². The number of nitrogens with zero attached hydrogens (tertiary/aromatic N) is 2. The van der Waals surface area contributed by atoms with Crippen molar-refractivity contribution in [2.24, 2.45) is 5.84 Å². The lowest BCUT2D eigenvalue weighted by Gasteiger charge is -2.37. The number of thiocarbonyl (C=S) groups is 1. The van der Waals surface area contributed by atoms with Gasteiger partial charge in [-0.15, -0.1) is 0 Å². The van der Waals surface area contributed by atoms with Crippen LogP contribution in [-0.4, -0.2) is 36.2 Å². The number of hydrogen-bond acceptors (Lipinski definition) is 3. The van der Waals surface area contributed by atoms with Crippen LogP contribution in [0.15, 0.2) is 24.3 Å². The van der Waals surface area contributed by atoms with Crippen molar-refractivity contribution in [1.82, 2.24) is 10.3 Å². The van der Waals surface area contributed by atoms with Gasteiger partial charge in [-0.1, -0.05) is 17.7 Å². The van der Waals surface area contributed by atoms with E-state index in [4.69, 9.17) is 29.7 Å². The van der Waals surface area contributed by atoms with Crippen LogP contribution in [0.1, 0.15) is 0 Å². The maximum atomic E-state index is 5.98. The second-order valence-corrected chi connectivity index (χ2v) is 4.73. The topological polar surface area (TPSA) is 44.5 Å². The van der Waals surface area contributed by atoms with Crippen molar-refractivity contribution in [3.05, 3.63) is 29.3 Å². The fourth-order valence-corrected chi connectivity index (χ4v) is 2.30. The van der Waals surface area contributed by atoms with Gasteiger partial charge in [0, 0.05) is 36.9 Å². The van der Waals surface area contributed by atoms with Gasteiger partial charge in [0.1, 0.15) is 0 Å². The third-order valence-electron chi connectivity index (χ3n) is 2.86. The minimum Gasteiger partial charge on any atom is -0.368 e. The number of hydrazine groups is 1. The van der Waals surface area contributed by atoms with E-state index in [1.807, 2.05) is 18.2 Å². The van der Waals surface area contributed by atoms with E-state index in [9.17, 15) is 0 Å². The van der Waals surface area contributed by atoms with Crippen LogP contribution in [-0.2, 0) is 0 Å². The molecule has 0 aliphatic carbocycles. The highest BCUT2D eigenvalue weighted by atomic mass is 35.5. The lowest BCUT2D eigenvalue weighted by molar-refractivity contribution is 0.381. The molecule has 0 bridgehead atoms. The standard InChI is InChI=1S/C11H15ClN4S/c12-9-2-1-3-10(8-9)15-4-6-16(7-5-15)11(17)14-13/h1-3,8H,4-7,13H2,(H,14,17). The Morgan fingerprint density at radius 2 is 2.00 bits per heavy atom. The first-order valence-electron chi connectivity index (χ1n) is 5.47. The molecule has 92 valence electrons. The first kappa shape index (κ1) is 12.4. The summed E-state index contributed by atoms with van der Waals surface area (Å²) in [5, 5.41) is 1.37. The first-order valence-corrected chi connectivity index (χ1v) is 6.25. The van der Waals surface area contributed by atoms with E-state index >= 15 is 0 Å². The Kier molecular flexibility index (Phi) is 4.04. The van der Waals surface area contributed by atoms with E-state index in [-0.39, 0.29) is 0 Å². The lowest BCUT2D eigenvalue weighted by Crippen LogP contribution is -2.53. The van der Waals surface area contributed by atoms with Gasteiger partial charge in [0.25, 0.3) is 0 Å². The molecular weight excluding hydrogens is 256 g/mol. The molecule has 1 aliphatic heterocycles. The minimum absolute atomic E-state index is 0.607. The molecule has 1 saturated heterocycles. The molecular formula is C11H15ClN4S. The maximum absolute atomic E-state index is 5.98. The molecule has 1 heterocycles. The molecule has 0 radical (unpaired) electrons. The second-order valence-electron chi connectivity index (χ2n) is 3.90. The number of piperazine rings is 1. The van der Waals surface area contributed by atoms with Crippen LogP contribution >= 0.6 is 23.8 Å². The van der Waals surface area contributed by atoms with Crippen LogP contribution in [0.25, 0.3) is 0 Å². The van der Waals surface area contributed by atoms with Gasteiger partial charge in [-0.05, 0) is 30.4 Å². The van der Waals surface area contributed by atoms with Crippen LogP contribution < -0.4 is 16.2 Å². The Morgan fingerprint density at radius 1 is 1.29 bits per heavy atom. The van der Waals surface area contributed by atoms with Crippen LogP contribution in [0.3, 0.4) is 0 Å². The van der Waals surface area contributed by atoms with Crippen LogP contribution in [0.5, 0.6) is 0 Å². The van der Waals surface area contributed by atoms with Gasteiger partial charge in [-0.3, -0.25) is 0 Å². The van der Waals surface area contributed by atoms with Crippen molar-refractivity contribution in [2.45, 2.75) is 0 Å². The summed E-state index contributed by atoms with van der Waals surface area (Å²) >= 11 is 11.1. The predicted molar refractivity (Wildman–Crippen MR) is 75.2 cm³/mol. The third kappa shape index (κ3) is 3.00. The molecule has 17 heavy (non-hydrogen) atoms. The van der Waals surface area contributed by atoms with Gasteiger partial charge in [0.05, 0.1) is 0 Å². The van der Waals surface area contributed by atoms with Gasteiger partial charge in [0.15, 0.2) is 5.11 Å². The molecule has 1 aliphatic rings. The van der Waals surface area contributed by atoms with E-state index < -0.39 is 0 Å². The number of hydrogen-bond donors (Lipinski definition) is 2. The Morgan fingerprint density at radius 3 is 2.59 bits per heavy atom. The molecule has 0 spiro atoms. The Bertz CT molecular complexity index is 404. The summed E-state index contributed by atoms with van der Waals surface area (Å²) in [6.07, 6.45) is 0. The Hall–Kier alpha value is -1.04. The highest BCUT2D eigenvalue weighted by Crippen LogP contribution is 2.20. The highest BCUT2D eigenvalue weighted by Gasteiger charge is 2.18. The lowest BCUT2D eigenvalue weighted by atomic mass is 10.2. The smallest absolute Gasteiger partial charge is 0.183 e. The summed E-state index contributed by atoms with van der Waals surface area (Å²) in [6, 6.07) is 7.91. The zero-order valence-corrected chi connectivity index (χ0v) is 11.0. The van der Waals surface area contributed by atoms with E-state index in [1.54, 1.807) is 0 Å². The zero-order chi connectivity index (χ0) is 12.3. The number of halogens is 1. The van der Waals surface area contributed by atoms with Gasteiger partial charge < -0.3 is 15.2 Å². The maximum Gasteiger partial charge on any atom is 0.183 e. The first-order chi connectivity index (χ1) is 8.20. The number of nitrogens with two attached hydrogens (primary N) is 1. The molecule has 0 atom stereocenters. The van der Waals surface area contributed by atoms with Gasteiger partial charge in [-0.25, -0.2) is 5.84 Å².